The predicted octanol–water partition coefficient (Wildman–Crippen LogP) is 4.21. The first kappa shape index (κ1) is 26.6. The van der Waals surface area contributed by atoms with Crippen molar-refractivity contribution in [2.45, 2.75) is 67.7 Å². The van der Waals surface area contributed by atoms with Crippen LogP contribution in [0.3, 0.4) is 0 Å². The van der Waals surface area contributed by atoms with Crippen molar-refractivity contribution in [1.29, 1.82) is 0 Å². The predicted molar refractivity (Wildman–Crippen MR) is 112 cm³/mol. The van der Waals surface area contributed by atoms with E-state index in [0.717, 1.165) is 38.0 Å². The molecule has 4 heteroatoms. The summed E-state index contributed by atoms with van der Waals surface area (Å²) in [6.45, 7) is 17.1. The molecule has 0 aliphatic carbocycles. The van der Waals surface area contributed by atoms with Gasteiger partial charge in [-0.2, -0.15) is 0 Å². The van der Waals surface area contributed by atoms with Crippen molar-refractivity contribution in [3.8, 4) is 0 Å². The van der Waals surface area contributed by atoms with Crippen LogP contribution >= 0.6 is 0 Å². The van der Waals surface area contributed by atoms with Crippen LogP contribution < -0.4 is 0 Å². The van der Waals surface area contributed by atoms with E-state index >= 15 is 0 Å². The molecule has 0 spiro atoms. The first-order valence-corrected chi connectivity index (χ1v) is 9.85. The summed E-state index contributed by atoms with van der Waals surface area (Å²) in [5.74, 6) is 1.89. The van der Waals surface area contributed by atoms with Crippen molar-refractivity contribution < 1.29 is 4.79 Å². The molecule has 1 amide bonds. The molecule has 4 nitrogen and oxygen atoms in total. The van der Waals surface area contributed by atoms with E-state index in [2.05, 4.69) is 51.6 Å². The highest BCUT2D eigenvalue weighted by molar-refractivity contribution is 5.73. The lowest BCUT2D eigenvalue weighted by Crippen LogP contribution is -2.48. The summed E-state index contributed by atoms with van der Waals surface area (Å²) in [5.41, 5.74) is 0. The molecular weight excluding hydrogens is 310 g/mol. The van der Waals surface area contributed by atoms with Crippen LogP contribution in [-0.2, 0) is 4.79 Å². The zero-order chi connectivity index (χ0) is 18.5. The smallest absolute Gasteiger partial charge is 0.219 e. The second-order valence-corrected chi connectivity index (χ2v) is 8.22. The van der Waals surface area contributed by atoms with Gasteiger partial charge in [-0.15, -0.1) is 0 Å². The molecule has 0 bridgehead atoms. The molecule has 0 unspecified atom stereocenters. The Bertz CT molecular complexity index is 300. The zero-order valence-electron chi connectivity index (χ0n) is 17.5. The Balaban J connectivity index is 0. The van der Waals surface area contributed by atoms with Crippen LogP contribution in [0.15, 0.2) is 0 Å². The molecule has 0 radical (unpaired) electrons. The van der Waals surface area contributed by atoms with Gasteiger partial charge in [0.2, 0.25) is 5.91 Å². The number of carbonyl (C=O) groups excluding carboxylic acids is 1. The van der Waals surface area contributed by atoms with E-state index in [0.29, 0.717) is 0 Å². The van der Waals surface area contributed by atoms with Crippen molar-refractivity contribution in [3.05, 3.63) is 0 Å². The normalized spacial score (nSPS) is 15.2. The average molecular weight is 358 g/mol. The molecule has 0 saturated carbocycles. The Hall–Kier alpha value is -0.610. The van der Waals surface area contributed by atoms with E-state index in [1.165, 1.54) is 38.8 Å². The van der Waals surface area contributed by atoms with Gasteiger partial charge < -0.3 is 9.80 Å². The fourth-order valence-corrected chi connectivity index (χ4v) is 2.83. The van der Waals surface area contributed by atoms with E-state index in [1.807, 2.05) is 4.90 Å². The van der Waals surface area contributed by atoms with Crippen LogP contribution in [0.1, 0.15) is 67.7 Å². The highest BCUT2D eigenvalue weighted by Crippen LogP contribution is 2.07. The fraction of sp³-hybridized carbons (Fsp3) is 0.952. The molecule has 1 heterocycles. The van der Waals surface area contributed by atoms with Gasteiger partial charge in [0, 0.05) is 33.1 Å². The molecular formula is C21H47N3O. The summed E-state index contributed by atoms with van der Waals surface area (Å²) in [6.07, 6.45) is 5.30. The maximum Gasteiger partial charge on any atom is 0.219 e. The van der Waals surface area contributed by atoms with E-state index in [1.54, 1.807) is 6.92 Å². The number of hydrogen-bond acceptors (Lipinski definition) is 3. The summed E-state index contributed by atoms with van der Waals surface area (Å²) in [7, 11) is 4.25. The number of piperazine rings is 1. The van der Waals surface area contributed by atoms with Crippen molar-refractivity contribution in [3.63, 3.8) is 0 Å². The number of rotatable bonds is 8. The third-order valence-electron chi connectivity index (χ3n) is 4.46. The molecule has 0 aromatic carbocycles. The van der Waals surface area contributed by atoms with Crippen LogP contribution in [0.4, 0.5) is 0 Å². The summed E-state index contributed by atoms with van der Waals surface area (Å²) in [5, 5.41) is 0. The van der Waals surface area contributed by atoms with Crippen LogP contribution in [-0.4, -0.2) is 74.0 Å². The molecule has 1 rings (SSSR count). The Morgan fingerprint density at radius 1 is 0.920 bits per heavy atom. The van der Waals surface area contributed by atoms with Gasteiger partial charge in [0.05, 0.1) is 0 Å². The zero-order valence-corrected chi connectivity index (χ0v) is 17.5. The maximum absolute atomic E-state index is 11.1. The standard InChI is InChI=1S/C12H24N2O.C8H19N.CH4/c1-11(2)5-4-6-13-7-9-14(10-8-13)12(3)15;1-8(2)6-5-7-9(3)4;/h11H,4-10H2,1-3H3;8H,5-7H2,1-4H3;1H4. The van der Waals surface area contributed by atoms with Gasteiger partial charge in [-0.3, -0.25) is 9.69 Å². The Morgan fingerprint density at radius 2 is 1.40 bits per heavy atom. The van der Waals surface area contributed by atoms with E-state index in [9.17, 15) is 4.79 Å². The van der Waals surface area contributed by atoms with Crippen molar-refractivity contribution in [1.82, 2.24) is 14.7 Å². The van der Waals surface area contributed by atoms with E-state index in [-0.39, 0.29) is 13.3 Å². The molecule has 1 fully saturated rings. The van der Waals surface area contributed by atoms with Gasteiger partial charge in [0.15, 0.2) is 0 Å². The third kappa shape index (κ3) is 16.6. The van der Waals surface area contributed by atoms with Crippen molar-refractivity contribution in [2.75, 3.05) is 53.4 Å². The first-order valence-electron chi connectivity index (χ1n) is 9.85. The molecule has 152 valence electrons. The topological polar surface area (TPSA) is 26.8 Å². The summed E-state index contributed by atoms with van der Waals surface area (Å²) < 4.78 is 0. The number of amides is 1. The minimum absolute atomic E-state index is 0. The first-order chi connectivity index (χ1) is 11.2. The fourth-order valence-electron chi connectivity index (χ4n) is 2.83. The second-order valence-electron chi connectivity index (χ2n) is 8.22. The van der Waals surface area contributed by atoms with Gasteiger partial charge in [-0.05, 0) is 64.7 Å². The minimum Gasteiger partial charge on any atom is -0.340 e. The van der Waals surface area contributed by atoms with Crippen molar-refractivity contribution >= 4 is 5.91 Å². The lowest BCUT2D eigenvalue weighted by Gasteiger charge is -2.34. The minimum atomic E-state index is 0. The highest BCUT2D eigenvalue weighted by atomic mass is 16.2. The Kier molecular flexibility index (Phi) is 16.6. The Morgan fingerprint density at radius 3 is 1.80 bits per heavy atom. The van der Waals surface area contributed by atoms with Crippen LogP contribution in [0.5, 0.6) is 0 Å². The van der Waals surface area contributed by atoms with Gasteiger partial charge in [0.25, 0.3) is 0 Å². The summed E-state index contributed by atoms with van der Waals surface area (Å²) in [4.78, 5) is 17.8. The van der Waals surface area contributed by atoms with Crippen LogP contribution in [0.2, 0.25) is 0 Å². The lowest BCUT2D eigenvalue weighted by atomic mass is 10.1. The molecule has 1 aliphatic rings. The summed E-state index contributed by atoms with van der Waals surface area (Å²) in [6, 6.07) is 0. The Labute approximate surface area is 158 Å². The van der Waals surface area contributed by atoms with Crippen LogP contribution in [0, 0.1) is 11.8 Å². The SMILES string of the molecule is C.CC(=O)N1CCN(CCCC(C)C)CC1.CC(C)CCCN(C)C. The quantitative estimate of drug-likeness (QED) is 0.651. The maximum atomic E-state index is 11.1. The molecule has 0 aromatic rings. The molecule has 0 N–H and O–H groups in total. The van der Waals surface area contributed by atoms with Gasteiger partial charge in [-0.1, -0.05) is 35.1 Å². The summed E-state index contributed by atoms with van der Waals surface area (Å²) >= 11 is 0. The second kappa shape index (κ2) is 15.6. The average Bonchev–Trinajstić information content (AvgIpc) is 2.47. The van der Waals surface area contributed by atoms with Gasteiger partial charge in [-0.25, -0.2) is 0 Å². The highest BCUT2D eigenvalue weighted by Gasteiger charge is 2.17. The molecule has 25 heavy (non-hydrogen) atoms. The van der Waals surface area contributed by atoms with Gasteiger partial charge in [0.1, 0.15) is 0 Å². The molecule has 0 atom stereocenters. The molecule has 0 aromatic heterocycles. The largest absolute Gasteiger partial charge is 0.340 e. The number of hydrogen-bond donors (Lipinski definition) is 0. The van der Waals surface area contributed by atoms with Crippen LogP contribution in [0.25, 0.3) is 0 Å². The van der Waals surface area contributed by atoms with E-state index < -0.39 is 0 Å². The monoisotopic (exact) mass is 357 g/mol. The number of carbonyl (C=O) groups is 1. The molecule has 1 saturated heterocycles. The van der Waals surface area contributed by atoms with Gasteiger partial charge >= 0.3 is 0 Å². The molecule has 1 aliphatic heterocycles. The van der Waals surface area contributed by atoms with Crippen molar-refractivity contribution in [2.24, 2.45) is 11.8 Å². The lowest BCUT2D eigenvalue weighted by molar-refractivity contribution is -0.130. The number of nitrogens with zero attached hydrogens (tertiary/aromatic N) is 3. The van der Waals surface area contributed by atoms with E-state index in [4.69, 9.17) is 0 Å². The third-order valence-corrected chi connectivity index (χ3v) is 4.46.